The van der Waals surface area contributed by atoms with Gasteiger partial charge < -0.3 is 4.74 Å². The van der Waals surface area contributed by atoms with E-state index in [-0.39, 0.29) is 29.0 Å². The van der Waals surface area contributed by atoms with Crippen molar-refractivity contribution < 1.29 is 24.0 Å². The number of rotatable bonds is 5. The third-order valence-electron chi connectivity index (χ3n) is 5.24. The van der Waals surface area contributed by atoms with Crippen LogP contribution in [0.25, 0.3) is 0 Å². The molecule has 1 heterocycles. The molecule has 8 nitrogen and oxygen atoms in total. The lowest BCUT2D eigenvalue weighted by molar-refractivity contribution is -0.384. The number of imide groups is 1. The van der Waals surface area contributed by atoms with Gasteiger partial charge in [0, 0.05) is 12.1 Å². The van der Waals surface area contributed by atoms with Crippen molar-refractivity contribution >= 4 is 29.2 Å². The Labute approximate surface area is 183 Å². The van der Waals surface area contributed by atoms with E-state index in [1.807, 2.05) is 26.0 Å². The number of benzene rings is 3. The molecule has 2 amide bonds. The summed E-state index contributed by atoms with van der Waals surface area (Å²) in [5.41, 5.74) is 3.23. The van der Waals surface area contributed by atoms with E-state index in [1.165, 1.54) is 42.5 Å². The minimum atomic E-state index is -0.670. The van der Waals surface area contributed by atoms with E-state index < -0.39 is 22.7 Å². The topological polar surface area (TPSA) is 107 Å². The number of ether oxygens (including phenoxy) is 1. The van der Waals surface area contributed by atoms with Crippen LogP contribution in [0.15, 0.2) is 60.7 Å². The molecule has 0 fully saturated rings. The molecule has 0 N–H and O–H groups in total. The van der Waals surface area contributed by atoms with E-state index in [4.69, 9.17) is 4.74 Å². The Kier molecular flexibility index (Phi) is 5.28. The van der Waals surface area contributed by atoms with Crippen LogP contribution in [0.3, 0.4) is 0 Å². The van der Waals surface area contributed by atoms with Gasteiger partial charge in [-0.15, -0.1) is 0 Å². The van der Waals surface area contributed by atoms with Crippen molar-refractivity contribution in [2.75, 3.05) is 4.90 Å². The molecular weight excluding hydrogens is 412 g/mol. The van der Waals surface area contributed by atoms with Gasteiger partial charge in [-0.25, -0.2) is 9.69 Å². The summed E-state index contributed by atoms with van der Waals surface area (Å²) in [4.78, 5) is 49.7. The van der Waals surface area contributed by atoms with Crippen LogP contribution in [0, 0.1) is 24.0 Å². The standard InChI is InChI=1S/C24H18N2O6/c1-14-3-4-15(2)21(11-14)25-22(27)19-10-7-17(12-20(19)23(25)28)24(29)32-13-16-5-8-18(9-6-16)26(30)31/h3-12H,13H2,1-2H3. The molecule has 3 aromatic carbocycles. The molecule has 0 saturated heterocycles. The fraction of sp³-hybridized carbons (Fsp3) is 0.125. The number of hydrogen-bond acceptors (Lipinski definition) is 6. The summed E-state index contributed by atoms with van der Waals surface area (Å²) in [6.07, 6.45) is 0. The Balaban J connectivity index is 1.53. The zero-order chi connectivity index (χ0) is 23.0. The van der Waals surface area contributed by atoms with Gasteiger partial charge in [0.15, 0.2) is 0 Å². The van der Waals surface area contributed by atoms with Crippen LogP contribution in [-0.4, -0.2) is 22.7 Å². The molecule has 0 aliphatic carbocycles. The summed E-state index contributed by atoms with van der Waals surface area (Å²) in [7, 11) is 0. The highest BCUT2D eigenvalue weighted by molar-refractivity contribution is 6.35. The number of esters is 1. The molecule has 1 aliphatic rings. The minimum absolute atomic E-state index is 0.0599. The summed E-state index contributed by atoms with van der Waals surface area (Å²) in [5.74, 6) is -1.61. The molecule has 0 radical (unpaired) electrons. The van der Waals surface area contributed by atoms with Crippen LogP contribution >= 0.6 is 0 Å². The Hall–Kier alpha value is -4.33. The molecule has 3 aromatic rings. The Morgan fingerprint density at radius 3 is 2.31 bits per heavy atom. The Morgan fingerprint density at radius 2 is 1.62 bits per heavy atom. The van der Waals surface area contributed by atoms with Gasteiger partial charge in [-0.05, 0) is 66.9 Å². The maximum absolute atomic E-state index is 13.0. The monoisotopic (exact) mass is 430 g/mol. The quantitative estimate of drug-likeness (QED) is 0.257. The maximum atomic E-state index is 13.0. The highest BCUT2D eigenvalue weighted by Gasteiger charge is 2.38. The number of anilines is 1. The van der Waals surface area contributed by atoms with Gasteiger partial charge in [0.25, 0.3) is 17.5 Å². The third-order valence-corrected chi connectivity index (χ3v) is 5.24. The number of aryl methyl sites for hydroxylation is 2. The number of nitro groups is 1. The van der Waals surface area contributed by atoms with Crippen molar-refractivity contribution in [2.45, 2.75) is 20.5 Å². The van der Waals surface area contributed by atoms with E-state index in [0.29, 0.717) is 11.3 Å². The smallest absolute Gasteiger partial charge is 0.338 e. The first kappa shape index (κ1) is 20.9. The Bertz CT molecular complexity index is 1280. The second kappa shape index (κ2) is 8.07. The first-order valence-corrected chi connectivity index (χ1v) is 9.77. The molecule has 0 unspecified atom stereocenters. The van der Waals surface area contributed by atoms with Gasteiger partial charge in [0.2, 0.25) is 0 Å². The first-order valence-electron chi connectivity index (χ1n) is 9.77. The van der Waals surface area contributed by atoms with E-state index in [9.17, 15) is 24.5 Å². The van der Waals surface area contributed by atoms with Gasteiger partial charge in [-0.3, -0.25) is 19.7 Å². The molecule has 160 valence electrons. The third kappa shape index (κ3) is 3.74. The minimum Gasteiger partial charge on any atom is -0.457 e. The molecule has 0 bridgehead atoms. The fourth-order valence-electron chi connectivity index (χ4n) is 3.49. The van der Waals surface area contributed by atoms with Crippen LogP contribution in [-0.2, 0) is 11.3 Å². The van der Waals surface area contributed by atoms with E-state index >= 15 is 0 Å². The lowest BCUT2D eigenvalue weighted by Gasteiger charge is -2.17. The maximum Gasteiger partial charge on any atom is 0.338 e. The normalized spacial score (nSPS) is 12.6. The van der Waals surface area contributed by atoms with Gasteiger partial charge in [0.05, 0.1) is 27.3 Å². The van der Waals surface area contributed by atoms with Crippen LogP contribution < -0.4 is 4.90 Å². The number of hydrogen-bond donors (Lipinski definition) is 0. The summed E-state index contributed by atoms with van der Waals surface area (Å²) in [5, 5.41) is 10.7. The molecule has 32 heavy (non-hydrogen) atoms. The van der Waals surface area contributed by atoms with Crippen LogP contribution in [0.5, 0.6) is 0 Å². The predicted molar refractivity (Wildman–Crippen MR) is 116 cm³/mol. The second-order valence-corrected chi connectivity index (χ2v) is 7.50. The molecular formula is C24H18N2O6. The molecule has 1 aliphatic heterocycles. The average Bonchev–Trinajstić information content (AvgIpc) is 3.03. The summed E-state index contributed by atoms with van der Waals surface area (Å²) in [6.45, 7) is 3.61. The van der Waals surface area contributed by atoms with E-state index in [0.717, 1.165) is 16.0 Å². The summed E-state index contributed by atoms with van der Waals surface area (Å²) >= 11 is 0. The first-order chi connectivity index (χ1) is 15.3. The number of non-ortho nitro benzene ring substituents is 1. The second-order valence-electron chi connectivity index (χ2n) is 7.50. The lowest BCUT2D eigenvalue weighted by atomic mass is 10.1. The van der Waals surface area contributed by atoms with Crippen LogP contribution in [0.4, 0.5) is 11.4 Å². The Morgan fingerprint density at radius 1 is 0.938 bits per heavy atom. The molecule has 0 saturated carbocycles. The van der Waals surface area contributed by atoms with Crippen LogP contribution in [0.1, 0.15) is 47.8 Å². The van der Waals surface area contributed by atoms with E-state index in [2.05, 4.69) is 0 Å². The summed E-state index contributed by atoms with van der Waals surface area (Å²) < 4.78 is 5.26. The van der Waals surface area contributed by atoms with Crippen LogP contribution in [0.2, 0.25) is 0 Å². The zero-order valence-electron chi connectivity index (χ0n) is 17.3. The molecule has 0 atom stereocenters. The zero-order valence-corrected chi connectivity index (χ0v) is 17.3. The fourth-order valence-corrected chi connectivity index (χ4v) is 3.49. The van der Waals surface area contributed by atoms with Gasteiger partial charge in [-0.1, -0.05) is 12.1 Å². The molecule has 0 aromatic heterocycles. The molecule has 8 heteroatoms. The van der Waals surface area contributed by atoms with Crippen molar-refractivity contribution in [1.82, 2.24) is 0 Å². The van der Waals surface area contributed by atoms with Crippen molar-refractivity contribution in [3.05, 3.63) is 104 Å². The van der Waals surface area contributed by atoms with Gasteiger partial charge in [0.1, 0.15) is 6.61 Å². The highest BCUT2D eigenvalue weighted by Crippen LogP contribution is 2.32. The number of nitro benzene ring substituents is 1. The lowest BCUT2D eigenvalue weighted by Crippen LogP contribution is -2.30. The molecule has 0 spiro atoms. The van der Waals surface area contributed by atoms with Crippen molar-refractivity contribution in [3.63, 3.8) is 0 Å². The van der Waals surface area contributed by atoms with E-state index in [1.54, 1.807) is 6.07 Å². The number of carbonyl (C=O) groups excluding carboxylic acids is 3. The largest absolute Gasteiger partial charge is 0.457 e. The average molecular weight is 430 g/mol. The van der Waals surface area contributed by atoms with Gasteiger partial charge in [-0.2, -0.15) is 0 Å². The van der Waals surface area contributed by atoms with Gasteiger partial charge >= 0.3 is 5.97 Å². The summed E-state index contributed by atoms with van der Waals surface area (Å²) in [6, 6.07) is 15.4. The number of amides is 2. The number of fused-ring (bicyclic) bond motifs is 1. The molecule has 4 rings (SSSR count). The highest BCUT2D eigenvalue weighted by atomic mass is 16.6. The van der Waals surface area contributed by atoms with Crippen molar-refractivity contribution in [2.24, 2.45) is 0 Å². The SMILES string of the molecule is Cc1ccc(C)c(N2C(=O)c3ccc(C(=O)OCc4ccc([N+](=O)[O-])cc4)cc3C2=O)c1. The number of nitrogens with zero attached hydrogens (tertiary/aromatic N) is 2. The predicted octanol–water partition coefficient (Wildman–Crippen LogP) is 4.37. The van der Waals surface area contributed by atoms with Crippen molar-refractivity contribution in [3.8, 4) is 0 Å². The number of carbonyl (C=O) groups is 3. The van der Waals surface area contributed by atoms with Crippen molar-refractivity contribution in [1.29, 1.82) is 0 Å².